The highest BCUT2D eigenvalue weighted by atomic mass is 16.7. The van der Waals surface area contributed by atoms with Gasteiger partial charge in [0.25, 0.3) is 0 Å². The van der Waals surface area contributed by atoms with Gasteiger partial charge in [-0.25, -0.2) is 5.48 Å². The highest BCUT2D eigenvalue weighted by Crippen LogP contribution is 2.22. The van der Waals surface area contributed by atoms with E-state index in [-0.39, 0.29) is 31.5 Å². The number of aliphatic hydroxyl groups excluding tert-OH is 4. The van der Waals surface area contributed by atoms with Crippen LogP contribution in [0.25, 0.3) is 0 Å². The second kappa shape index (κ2) is 34.2. The standard InChI is InChI=1S/C41H79NO10/c1-3-5-7-9-11-13-15-17-19-21-23-25-27-29-36(44)42-52-34(33-50-41-40(48)39(47)38(46)35(31-43)51-41)32-49-37(45)30-28-26-24-22-20-18-16-14-12-10-8-6-4-2/h34-35,38-41,43,46-48H,3-33H2,1-2H3,(H,42,44)/t34?,35-,38-,39+,40-,41-/m1/s1. The van der Waals surface area contributed by atoms with Crippen molar-refractivity contribution >= 4 is 11.9 Å². The molecule has 0 aromatic rings. The molecule has 1 aliphatic rings. The Morgan fingerprint density at radius 1 is 0.577 bits per heavy atom. The maximum Gasteiger partial charge on any atom is 0.305 e. The summed E-state index contributed by atoms with van der Waals surface area (Å²) >= 11 is 0. The number of hydrogen-bond donors (Lipinski definition) is 5. The number of hydrogen-bond acceptors (Lipinski definition) is 10. The zero-order valence-corrected chi connectivity index (χ0v) is 33.1. The van der Waals surface area contributed by atoms with E-state index in [1.165, 1.54) is 128 Å². The Balaban J connectivity index is 2.33. The maximum atomic E-state index is 12.5. The van der Waals surface area contributed by atoms with E-state index in [9.17, 15) is 30.0 Å². The molecule has 52 heavy (non-hydrogen) atoms. The lowest BCUT2D eigenvalue weighted by Crippen LogP contribution is -2.59. The van der Waals surface area contributed by atoms with Gasteiger partial charge in [0.1, 0.15) is 37.1 Å². The summed E-state index contributed by atoms with van der Waals surface area (Å²) in [5.74, 6) is -0.665. The minimum absolute atomic E-state index is 0.201. The predicted molar refractivity (Wildman–Crippen MR) is 204 cm³/mol. The van der Waals surface area contributed by atoms with Crippen molar-refractivity contribution in [2.24, 2.45) is 0 Å². The first-order valence-corrected chi connectivity index (χ1v) is 21.4. The molecule has 5 N–H and O–H groups in total. The van der Waals surface area contributed by atoms with Crippen molar-refractivity contribution in [1.82, 2.24) is 5.48 Å². The Labute approximate surface area is 316 Å². The van der Waals surface area contributed by atoms with E-state index < -0.39 is 43.4 Å². The lowest BCUT2D eigenvalue weighted by Gasteiger charge is -2.39. The number of esters is 1. The largest absolute Gasteiger partial charge is 0.463 e. The Morgan fingerprint density at radius 2 is 1.00 bits per heavy atom. The molecule has 1 aliphatic heterocycles. The molecule has 0 aromatic carbocycles. The van der Waals surface area contributed by atoms with Gasteiger partial charge in [-0.05, 0) is 12.8 Å². The average molecular weight is 746 g/mol. The van der Waals surface area contributed by atoms with Crippen molar-refractivity contribution in [3.05, 3.63) is 0 Å². The Kier molecular flexibility index (Phi) is 32.0. The SMILES string of the molecule is CCCCCCCCCCCCCCCC(=O)NOC(COC(=O)CCCCCCCCCCCCCCC)CO[C@@H]1O[C@H](CO)[C@@H](O)[C@H](O)[C@H]1O. The second-order valence-electron chi connectivity index (χ2n) is 15.0. The lowest BCUT2D eigenvalue weighted by atomic mass is 9.99. The van der Waals surface area contributed by atoms with Crippen LogP contribution in [0, 0.1) is 0 Å². The van der Waals surface area contributed by atoms with E-state index in [1.54, 1.807) is 0 Å². The molecule has 6 atom stereocenters. The van der Waals surface area contributed by atoms with Crippen LogP contribution in [0.3, 0.4) is 0 Å². The minimum Gasteiger partial charge on any atom is -0.463 e. The van der Waals surface area contributed by atoms with Crippen LogP contribution < -0.4 is 5.48 Å². The van der Waals surface area contributed by atoms with Gasteiger partial charge in [0.2, 0.25) is 5.91 Å². The van der Waals surface area contributed by atoms with Gasteiger partial charge < -0.3 is 34.6 Å². The van der Waals surface area contributed by atoms with Gasteiger partial charge in [-0.3, -0.25) is 14.4 Å². The predicted octanol–water partition coefficient (Wildman–Crippen LogP) is 7.73. The van der Waals surface area contributed by atoms with Crippen LogP contribution in [-0.4, -0.2) is 88.9 Å². The summed E-state index contributed by atoms with van der Waals surface area (Å²) in [6.07, 6.45) is 24.1. The number of rotatable bonds is 36. The van der Waals surface area contributed by atoms with Crippen LogP contribution >= 0.6 is 0 Å². The Bertz CT molecular complexity index is 785. The summed E-state index contributed by atoms with van der Waals surface area (Å²) < 4.78 is 16.5. The fourth-order valence-electron chi connectivity index (χ4n) is 6.57. The first kappa shape index (κ1) is 48.7. The van der Waals surface area contributed by atoms with Gasteiger partial charge in [-0.2, -0.15) is 0 Å². The highest BCUT2D eigenvalue weighted by molar-refractivity contribution is 5.74. The normalized spacial score (nSPS) is 20.9. The Morgan fingerprint density at radius 3 is 1.44 bits per heavy atom. The van der Waals surface area contributed by atoms with E-state index in [4.69, 9.17) is 19.0 Å². The van der Waals surface area contributed by atoms with Crippen molar-refractivity contribution in [3.63, 3.8) is 0 Å². The molecule has 0 bridgehead atoms. The van der Waals surface area contributed by atoms with E-state index in [0.29, 0.717) is 6.42 Å². The van der Waals surface area contributed by atoms with Crippen LogP contribution in [0.4, 0.5) is 0 Å². The van der Waals surface area contributed by atoms with Gasteiger partial charge in [-0.1, -0.05) is 168 Å². The van der Waals surface area contributed by atoms with Gasteiger partial charge >= 0.3 is 5.97 Å². The van der Waals surface area contributed by atoms with E-state index >= 15 is 0 Å². The van der Waals surface area contributed by atoms with Gasteiger partial charge in [0.05, 0.1) is 13.2 Å². The quantitative estimate of drug-likeness (QED) is 0.0244. The molecule has 0 saturated carbocycles. The van der Waals surface area contributed by atoms with Crippen LogP contribution in [0.5, 0.6) is 0 Å². The van der Waals surface area contributed by atoms with E-state index in [2.05, 4.69) is 19.3 Å². The number of amides is 1. The average Bonchev–Trinajstić information content (AvgIpc) is 3.14. The number of aliphatic hydroxyl groups is 4. The molecule has 1 unspecified atom stereocenters. The number of unbranched alkanes of at least 4 members (excludes halogenated alkanes) is 24. The van der Waals surface area contributed by atoms with Crippen molar-refractivity contribution in [3.8, 4) is 0 Å². The van der Waals surface area contributed by atoms with E-state index in [1.807, 2.05) is 0 Å². The molecule has 308 valence electrons. The van der Waals surface area contributed by atoms with Crippen molar-refractivity contribution in [2.45, 2.75) is 230 Å². The smallest absolute Gasteiger partial charge is 0.305 e. The maximum absolute atomic E-state index is 12.5. The fourth-order valence-corrected chi connectivity index (χ4v) is 6.57. The van der Waals surface area contributed by atoms with Gasteiger partial charge in [-0.15, -0.1) is 0 Å². The summed E-state index contributed by atoms with van der Waals surface area (Å²) in [5, 5.41) is 39.9. The van der Waals surface area contributed by atoms with Crippen molar-refractivity contribution in [2.75, 3.05) is 19.8 Å². The monoisotopic (exact) mass is 746 g/mol. The molecule has 1 rings (SSSR count). The second-order valence-corrected chi connectivity index (χ2v) is 15.0. The van der Waals surface area contributed by atoms with Crippen LogP contribution in [-0.2, 0) is 28.6 Å². The highest BCUT2D eigenvalue weighted by Gasteiger charge is 2.44. The van der Waals surface area contributed by atoms with Crippen LogP contribution in [0.15, 0.2) is 0 Å². The molecule has 0 radical (unpaired) electrons. The zero-order chi connectivity index (χ0) is 38.1. The third kappa shape index (κ3) is 25.6. The number of hydroxylamine groups is 1. The molecular formula is C41H79NO10. The van der Waals surface area contributed by atoms with Crippen LogP contribution in [0.2, 0.25) is 0 Å². The number of nitrogens with one attached hydrogen (secondary N) is 1. The van der Waals surface area contributed by atoms with E-state index in [0.717, 1.165) is 38.5 Å². The number of carbonyl (C=O) groups is 2. The molecule has 0 aliphatic carbocycles. The van der Waals surface area contributed by atoms with Crippen LogP contribution in [0.1, 0.15) is 194 Å². The van der Waals surface area contributed by atoms with Crippen molar-refractivity contribution < 1.29 is 49.1 Å². The summed E-state index contributed by atoms with van der Waals surface area (Å²) in [4.78, 5) is 30.6. The minimum atomic E-state index is -1.59. The molecule has 11 nitrogen and oxygen atoms in total. The lowest BCUT2D eigenvalue weighted by molar-refractivity contribution is -0.306. The summed E-state index contributed by atoms with van der Waals surface area (Å²) in [5.41, 5.74) is 2.44. The molecule has 1 heterocycles. The number of carbonyl (C=O) groups excluding carboxylic acids is 2. The molecule has 1 saturated heterocycles. The van der Waals surface area contributed by atoms with Gasteiger partial charge in [0.15, 0.2) is 6.29 Å². The molecular weight excluding hydrogens is 666 g/mol. The summed E-state index contributed by atoms with van der Waals surface area (Å²) in [6, 6.07) is 0. The third-order valence-electron chi connectivity index (χ3n) is 10.1. The zero-order valence-electron chi connectivity index (χ0n) is 33.1. The molecule has 0 spiro atoms. The van der Waals surface area contributed by atoms with Gasteiger partial charge in [0, 0.05) is 12.8 Å². The molecule has 1 fully saturated rings. The topological polar surface area (TPSA) is 164 Å². The Hall–Kier alpha value is -1.34. The summed E-state index contributed by atoms with van der Waals surface area (Å²) in [6.45, 7) is 3.44. The first-order valence-electron chi connectivity index (χ1n) is 21.4. The molecule has 11 heteroatoms. The molecule has 0 aromatic heterocycles. The van der Waals surface area contributed by atoms with Crippen molar-refractivity contribution in [1.29, 1.82) is 0 Å². The summed E-state index contributed by atoms with van der Waals surface area (Å²) in [7, 11) is 0. The fraction of sp³-hybridized carbons (Fsp3) is 0.951. The molecule has 1 amide bonds. The third-order valence-corrected chi connectivity index (χ3v) is 10.1. The first-order chi connectivity index (χ1) is 25.3. The number of ether oxygens (including phenoxy) is 3.